The lowest BCUT2D eigenvalue weighted by molar-refractivity contribution is 0.0244. The van der Waals surface area contributed by atoms with Gasteiger partial charge in [0.25, 0.3) is 0 Å². The van der Waals surface area contributed by atoms with Crippen molar-refractivity contribution in [2.45, 2.75) is 137 Å². The maximum absolute atomic E-state index is 12.3. The third kappa shape index (κ3) is 18.4. The number of amides is 1. The molecule has 0 aromatic carbocycles. The summed E-state index contributed by atoms with van der Waals surface area (Å²) >= 11 is 0. The van der Waals surface area contributed by atoms with Crippen LogP contribution in [0.3, 0.4) is 0 Å². The lowest BCUT2D eigenvalue weighted by atomic mass is 10.0. The highest BCUT2D eigenvalue weighted by atomic mass is 16.6. The number of unbranched alkanes of at least 4 members (excludes halogenated alkanes) is 13. The molecule has 0 aromatic rings. The number of carbonyl (C=O) groups is 1. The van der Waals surface area contributed by atoms with Gasteiger partial charge in [0.15, 0.2) is 0 Å². The van der Waals surface area contributed by atoms with Crippen LogP contribution in [-0.4, -0.2) is 29.7 Å². The molecule has 0 aromatic heterocycles. The molecule has 1 amide bonds. The van der Waals surface area contributed by atoms with Gasteiger partial charge < -0.3 is 9.64 Å². The molecule has 0 bridgehead atoms. The van der Waals surface area contributed by atoms with Crippen LogP contribution in [0.25, 0.3) is 0 Å². The standard InChI is InChI=1S/C24H49NO2/c1-6-8-10-11-12-13-14-15-16-17-18-19-20-22-25(21-9-7-2)23(26)27-24(3,4)5/h6-22H2,1-5H3. The molecule has 0 unspecified atom stereocenters. The number of hydrogen-bond donors (Lipinski definition) is 0. The minimum absolute atomic E-state index is 0.144. The first-order valence-electron chi connectivity index (χ1n) is 11.9. The molecule has 162 valence electrons. The van der Waals surface area contributed by atoms with Crippen molar-refractivity contribution in [1.82, 2.24) is 4.90 Å². The Morgan fingerprint density at radius 1 is 0.630 bits per heavy atom. The Kier molecular flexibility index (Phi) is 16.9. The number of carbonyl (C=O) groups excluding carboxylic acids is 1. The van der Waals surface area contributed by atoms with Gasteiger partial charge in [-0.05, 0) is 33.6 Å². The van der Waals surface area contributed by atoms with Gasteiger partial charge in [0.1, 0.15) is 5.60 Å². The van der Waals surface area contributed by atoms with E-state index in [4.69, 9.17) is 4.74 Å². The molecular weight excluding hydrogens is 334 g/mol. The van der Waals surface area contributed by atoms with E-state index in [2.05, 4.69) is 13.8 Å². The monoisotopic (exact) mass is 383 g/mol. The first-order chi connectivity index (χ1) is 12.9. The van der Waals surface area contributed by atoms with Crippen LogP contribution in [0.2, 0.25) is 0 Å². The van der Waals surface area contributed by atoms with Gasteiger partial charge in [-0.3, -0.25) is 0 Å². The van der Waals surface area contributed by atoms with Crippen LogP contribution in [0.1, 0.15) is 131 Å². The third-order valence-electron chi connectivity index (χ3n) is 4.96. The van der Waals surface area contributed by atoms with E-state index < -0.39 is 5.60 Å². The fourth-order valence-corrected chi connectivity index (χ4v) is 3.29. The molecule has 0 spiro atoms. The van der Waals surface area contributed by atoms with E-state index in [0.717, 1.165) is 32.4 Å². The van der Waals surface area contributed by atoms with Gasteiger partial charge in [-0.1, -0.05) is 97.3 Å². The van der Waals surface area contributed by atoms with Crippen molar-refractivity contribution in [2.24, 2.45) is 0 Å². The number of hydrogen-bond acceptors (Lipinski definition) is 2. The van der Waals surface area contributed by atoms with Crippen LogP contribution < -0.4 is 0 Å². The van der Waals surface area contributed by atoms with Gasteiger partial charge in [0.05, 0.1) is 0 Å². The quantitative estimate of drug-likeness (QED) is 0.237. The smallest absolute Gasteiger partial charge is 0.410 e. The molecule has 0 fully saturated rings. The van der Waals surface area contributed by atoms with E-state index in [0.29, 0.717) is 0 Å². The summed E-state index contributed by atoms with van der Waals surface area (Å²) in [7, 11) is 0. The Morgan fingerprint density at radius 2 is 1.00 bits per heavy atom. The topological polar surface area (TPSA) is 29.5 Å². The Hall–Kier alpha value is -0.730. The van der Waals surface area contributed by atoms with Crippen molar-refractivity contribution in [3.05, 3.63) is 0 Å². The highest BCUT2D eigenvalue weighted by Gasteiger charge is 2.21. The van der Waals surface area contributed by atoms with Crippen LogP contribution in [-0.2, 0) is 4.74 Å². The van der Waals surface area contributed by atoms with Gasteiger partial charge in [-0.2, -0.15) is 0 Å². The second-order valence-corrected chi connectivity index (χ2v) is 9.06. The largest absolute Gasteiger partial charge is 0.444 e. The number of ether oxygens (including phenoxy) is 1. The summed E-state index contributed by atoms with van der Waals surface area (Å²) in [4.78, 5) is 14.2. The van der Waals surface area contributed by atoms with E-state index >= 15 is 0 Å². The Labute approximate surface area is 170 Å². The lowest BCUT2D eigenvalue weighted by Gasteiger charge is -2.27. The Balaban J connectivity index is 3.66. The Bertz CT molecular complexity index is 336. The maximum Gasteiger partial charge on any atom is 0.410 e. The minimum Gasteiger partial charge on any atom is -0.444 e. The highest BCUT2D eigenvalue weighted by molar-refractivity contribution is 5.68. The summed E-state index contributed by atoms with van der Waals surface area (Å²) in [5.74, 6) is 0. The molecular formula is C24H49NO2. The summed E-state index contributed by atoms with van der Waals surface area (Å²) in [5, 5.41) is 0. The zero-order valence-corrected chi connectivity index (χ0v) is 19.3. The summed E-state index contributed by atoms with van der Waals surface area (Å²) in [5.41, 5.74) is -0.405. The molecule has 27 heavy (non-hydrogen) atoms. The molecule has 3 heteroatoms. The van der Waals surface area contributed by atoms with Crippen molar-refractivity contribution in [3.8, 4) is 0 Å². The van der Waals surface area contributed by atoms with Crippen molar-refractivity contribution in [1.29, 1.82) is 0 Å². The SMILES string of the molecule is CCCCCCCCCCCCCCCN(CCCC)C(=O)OC(C)(C)C. The zero-order chi connectivity index (χ0) is 20.4. The molecule has 0 aliphatic heterocycles. The van der Waals surface area contributed by atoms with Crippen molar-refractivity contribution in [3.63, 3.8) is 0 Å². The summed E-state index contributed by atoms with van der Waals surface area (Å²) < 4.78 is 5.55. The first kappa shape index (κ1) is 26.3. The summed E-state index contributed by atoms with van der Waals surface area (Å²) in [6.45, 7) is 11.9. The van der Waals surface area contributed by atoms with Crippen LogP contribution in [0.4, 0.5) is 4.79 Å². The molecule has 0 saturated carbocycles. The fraction of sp³-hybridized carbons (Fsp3) is 0.958. The van der Waals surface area contributed by atoms with Crippen LogP contribution in [0, 0.1) is 0 Å². The predicted molar refractivity (Wildman–Crippen MR) is 118 cm³/mol. The van der Waals surface area contributed by atoms with Crippen molar-refractivity contribution >= 4 is 6.09 Å². The zero-order valence-electron chi connectivity index (χ0n) is 19.3. The molecule has 3 nitrogen and oxygen atoms in total. The van der Waals surface area contributed by atoms with Crippen LogP contribution >= 0.6 is 0 Å². The van der Waals surface area contributed by atoms with Crippen LogP contribution in [0.5, 0.6) is 0 Å². The molecule has 0 aliphatic carbocycles. The van der Waals surface area contributed by atoms with E-state index in [1.54, 1.807) is 0 Å². The van der Waals surface area contributed by atoms with E-state index in [1.165, 1.54) is 77.0 Å². The maximum atomic E-state index is 12.3. The number of rotatable bonds is 17. The summed E-state index contributed by atoms with van der Waals surface area (Å²) in [6.07, 6.45) is 19.6. The van der Waals surface area contributed by atoms with Gasteiger partial charge in [-0.25, -0.2) is 4.79 Å². The highest BCUT2D eigenvalue weighted by Crippen LogP contribution is 2.14. The molecule has 0 radical (unpaired) electrons. The molecule has 0 heterocycles. The van der Waals surface area contributed by atoms with E-state index in [-0.39, 0.29) is 6.09 Å². The molecule has 0 rings (SSSR count). The normalized spacial score (nSPS) is 11.6. The van der Waals surface area contributed by atoms with E-state index in [1.807, 2.05) is 25.7 Å². The average Bonchev–Trinajstić information content (AvgIpc) is 2.60. The van der Waals surface area contributed by atoms with Gasteiger partial charge in [-0.15, -0.1) is 0 Å². The van der Waals surface area contributed by atoms with Gasteiger partial charge in [0.2, 0.25) is 0 Å². The molecule has 0 N–H and O–H groups in total. The first-order valence-corrected chi connectivity index (χ1v) is 11.9. The van der Waals surface area contributed by atoms with Gasteiger partial charge in [0, 0.05) is 13.1 Å². The third-order valence-corrected chi connectivity index (χ3v) is 4.96. The molecule has 0 atom stereocenters. The van der Waals surface area contributed by atoms with Crippen molar-refractivity contribution < 1.29 is 9.53 Å². The summed E-state index contributed by atoms with van der Waals surface area (Å²) in [6, 6.07) is 0. The second kappa shape index (κ2) is 17.4. The molecule has 0 aliphatic rings. The van der Waals surface area contributed by atoms with Gasteiger partial charge >= 0.3 is 6.09 Å². The lowest BCUT2D eigenvalue weighted by Crippen LogP contribution is -2.38. The fourth-order valence-electron chi connectivity index (χ4n) is 3.29. The predicted octanol–water partition coefficient (Wildman–Crippen LogP) is 8.11. The van der Waals surface area contributed by atoms with Crippen LogP contribution in [0.15, 0.2) is 0 Å². The van der Waals surface area contributed by atoms with E-state index in [9.17, 15) is 4.79 Å². The minimum atomic E-state index is -0.405. The average molecular weight is 384 g/mol. The Morgan fingerprint density at radius 3 is 1.41 bits per heavy atom. The molecule has 0 saturated heterocycles. The van der Waals surface area contributed by atoms with Crippen molar-refractivity contribution in [2.75, 3.05) is 13.1 Å². The second-order valence-electron chi connectivity index (χ2n) is 9.06. The number of nitrogens with zero attached hydrogens (tertiary/aromatic N) is 1.